The molecule has 19 heavy (non-hydrogen) atoms. The number of aromatic nitrogens is 2. The second-order valence-electron chi connectivity index (χ2n) is 4.77. The van der Waals surface area contributed by atoms with E-state index in [1.807, 2.05) is 6.07 Å². The van der Waals surface area contributed by atoms with E-state index in [2.05, 4.69) is 38.7 Å². The van der Waals surface area contributed by atoms with Crippen LogP contribution in [0.4, 0.5) is 0 Å². The number of hydrogen-bond acceptors (Lipinski definition) is 6. The van der Waals surface area contributed by atoms with E-state index in [0.717, 1.165) is 44.3 Å². The van der Waals surface area contributed by atoms with Crippen LogP contribution in [0.1, 0.15) is 29.6 Å². The third-order valence-electron chi connectivity index (χ3n) is 3.45. The lowest BCUT2D eigenvalue weighted by molar-refractivity contribution is 0.154. The van der Waals surface area contributed by atoms with Gasteiger partial charge in [0, 0.05) is 37.5 Å². The van der Waals surface area contributed by atoms with Crippen LogP contribution in [0.15, 0.2) is 22.0 Å². The zero-order valence-corrected chi connectivity index (χ0v) is 11.8. The van der Waals surface area contributed by atoms with Gasteiger partial charge in [0.15, 0.2) is 5.82 Å². The zero-order chi connectivity index (χ0) is 13.1. The molecule has 1 aliphatic heterocycles. The Kier molecular flexibility index (Phi) is 3.91. The zero-order valence-electron chi connectivity index (χ0n) is 11.0. The topological polar surface area (TPSA) is 54.2 Å². The number of nitrogens with one attached hydrogen (secondary N) is 1. The Bertz CT molecular complexity index is 504. The van der Waals surface area contributed by atoms with Crippen molar-refractivity contribution in [1.82, 2.24) is 20.4 Å². The predicted octanol–water partition coefficient (Wildman–Crippen LogP) is 1.69. The number of hydrogen-bond donors (Lipinski definition) is 1. The first kappa shape index (κ1) is 12.8. The van der Waals surface area contributed by atoms with Gasteiger partial charge in [-0.05, 0) is 18.4 Å². The van der Waals surface area contributed by atoms with Crippen molar-refractivity contribution < 1.29 is 4.52 Å². The van der Waals surface area contributed by atoms with Crippen LogP contribution in [-0.2, 0) is 6.42 Å². The Labute approximate surface area is 116 Å². The highest BCUT2D eigenvalue weighted by molar-refractivity contribution is 7.09. The summed E-state index contributed by atoms with van der Waals surface area (Å²) in [6.07, 6.45) is 0.759. The Morgan fingerprint density at radius 3 is 3.05 bits per heavy atom. The second kappa shape index (κ2) is 5.81. The fraction of sp³-hybridized carbons (Fsp3) is 0.538. The third kappa shape index (κ3) is 3.02. The van der Waals surface area contributed by atoms with Crippen molar-refractivity contribution in [1.29, 1.82) is 0 Å². The molecule has 0 bridgehead atoms. The largest absolute Gasteiger partial charge is 0.338 e. The molecule has 0 aromatic carbocycles. The molecule has 1 atom stereocenters. The van der Waals surface area contributed by atoms with Gasteiger partial charge in [0.2, 0.25) is 5.89 Å². The van der Waals surface area contributed by atoms with Crippen LogP contribution >= 0.6 is 11.3 Å². The average Bonchev–Trinajstić information content (AvgIpc) is 3.11. The Hall–Kier alpha value is -1.24. The van der Waals surface area contributed by atoms with Crippen LogP contribution < -0.4 is 5.32 Å². The minimum absolute atomic E-state index is 0.201. The van der Waals surface area contributed by atoms with Gasteiger partial charge >= 0.3 is 0 Å². The van der Waals surface area contributed by atoms with Gasteiger partial charge in [-0.1, -0.05) is 11.2 Å². The molecule has 3 rings (SSSR count). The molecule has 6 heteroatoms. The molecular formula is C13H18N4OS. The van der Waals surface area contributed by atoms with E-state index in [-0.39, 0.29) is 6.04 Å². The number of rotatable bonds is 4. The van der Waals surface area contributed by atoms with Gasteiger partial charge in [-0.15, -0.1) is 11.3 Å². The molecule has 2 aromatic rings. The van der Waals surface area contributed by atoms with Crippen LogP contribution in [0, 0.1) is 0 Å². The SMILES string of the molecule is CC(c1nc(Cc2cccs2)no1)N1CCNCC1. The maximum atomic E-state index is 5.41. The first-order valence-corrected chi connectivity index (χ1v) is 7.50. The van der Waals surface area contributed by atoms with Crippen molar-refractivity contribution in [2.24, 2.45) is 0 Å². The highest BCUT2D eigenvalue weighted by Gasteiger charge is 2.22. The minimum atomic E-state index is 0.201. The van der Waals surface area contributed by atoms with E-state index in [0.29, 0.717) is 0 Å². The van der Waals surface area contributed by atoms with Crippen molar-refractivity contribution in [3.05, 3.63) is 34.1 Å². The van der Waals surface area contributed by atoms with Crippen LogP contribution in [0.3, 0.4) is 0 Å². The molecule has 1 fully saturated rings. The van der Waals surface area contributed by atoms with E-state index in [9.17, 15) is 0 Å². The lowest BCUT2D eigenvalue weighted by Crippen LogP contribution is -2.44. The molecule has 0 spiro atoms. The van der Waals surface area contributed by atoms with Gasteiger partial charge in [-0.3, -0.25) is 4.90 Å². The van der Waals surface area contributed by atoms with Crippen LogP contribution in [-0.4, -0.2) is 41.2 Å². The van der Waals surface area contributed by atoms with Gasteiger partial charge in [0.1, 0.15) is 0 Å². The maximum absolute atomic E-state index is 5.41. The number of thiophene rings is 1. The molecular weight excluding hydrogens is 260 g/mol. The molecule has 3 heterocycles. The second-order valence-corrected chi connectivity index (χ2v) is 5.80. The van der Waals surface area contributed by atoms with Crippen LogP contribution in [0.25, 0.3) is 0 Å². The van der Waals surface area contributed by atoms with Gasteiger partial charge in [-0.2, -0.15) is 4.98 Å². The third-order valence-corrected chi connectivity index (χ3v) is 4.33. The standard InChI is InChI=1S/C13H18N4OS/c1-10(17-6-4-14-5-7-17)13-15-12(16-18-13)9-11-3-2-8-19-11/h2-3,8,10,14H,4-7,9H2,1H3. The fourth-order valence-electron chi connectivity index (χ4n) is 2.30. The smallest absolute Gasteiger partial charge is 0.243 e. The first-order chi connectivity index (χ1) is 9.33. The van der Waals surface area contributed by atoms with Gasteiger partial charge < -0.3 is 9.84 Å². The van der Waals surface area contributed by atoms with Crippen molar-refractivity contribution in [2.45, 2.75) is 19.4 Å². The predicted molar refractivity (Wildman–Crippen MR) is 74.3 cm³/mol. The molecule has 0 aliphatic carbocycles. The molecule has 0 saturated carbocycles. The van der Waals surface area contributed by atoms with Gasteiger partial charge in [0.25, 0.3) is 0 Å². The summed E-state index contributed by atoms with van der Waals surface area (Å²) in [4.78, 5) is 8.17. The molecule has 1 saturated heterocycles. The maximum Gasteiger partial charge on any atom is 0.243 e. The Morgan fingerprint density at radius 2 is 2.32 bits per heavy atom. The Balaban J connectivity index is 1.66. The van der Waals surface area contributed by atoms with Gasteiger partial charge in [0.05, 0.1) is 6.04 Å². The molecule has 0 radical (unpaired) electrons. The van der Waals surface area contributed by atoms with Crippen molar-refractivity contribution in [2.75, 3.05) is 26.2 Å². The van der Waals surface area contributed by atoms with Crippen molar-refractivity contribution in [3.8, 4) is 0 Å². The van der Waals surface area contributed by atoms with Crippen molar-refractivity contribution >= 4 is 11.3 Å². The first-order valence-electron chi connectivity index (χ1n) is 6.62. The molecule has 1 unspecified atom stereocenters. The highest BCUT2D eigenvalue weighted by atomic mass is 32.1. The van der Waals surface area contributed by atoms with Crippen molar-refractivity contribution in [3.63, 3.8) is 0 Å². The summed E-state index contributed by atoms with van der Waals surface area (Å²) in [5.41, 5.74) is 0. The number of nitrogens with zero attached hydrogens (tertiary/aromatic N) is 3. The average molecular weight is 278 g/mol. The lowest BCUT2D eigenvalue weighted by atomic mass is 10.2. The van der Waals surface area contributed by atoms with E-state index >= 15 is 0 Å². The normalized spacial score (nSPS) is 18.6. The summed E-state index contributed by atoms with van der Waals surface area (Å²) in [6, 6.07) is 4.34. The molecule has 102 valence electrons. The van der Waals surface area contributed by atoms with Gasteiger partial charge in [-0.25, -0.2) is 0 Å². The summed E-state index contributed by atoms with van der Waals surface area (Å²) in [7, 11) is 0. The highest BCUT2D eigenvalue weighted by Crippen LogP contribution is 2.20. The summed E-state index contributed by atoms with van der Waals surface area (Å²) >= 11 is 1.72. The van der Waals surface area contributed by atoms with E-state index in [1.54, 1.807) is 11.3 Å². The fourth-order valence-corrected chi connectivity index (χ4v) is 3.01. The summed E-state index contributed by atoms with van der Waals surface area (Å²) in [5.74, 6) is 1.51. The molecule has 2 aromatic heterocycles. The number of piperazine rings is 1. The molecule has 5 nitrogen and oxygen atoms in total. The summed E-state index contributed by atoms with van der Waals surface area (Å²) in [6.45, 7) is 6.25. The molecule has 0 amide bonds. The van der Waals surface area contributed by atoms with E-state index in [4.69, 9.17) is 4.52 Å². The lowest BCUT2D eigenvalue weighted by Gasteiger charge is -2.30. The monoisotopic (exact) mass is 278 g/mol. The summed E-state index contributed by atoms with van der Waals surface area (Å²) < 4.78 is 5.41. The Morgan fingerprint density at radius 1 is 1.47 bits per heavy atom. The summed E-state index contributed by atoms with van der Waals surface area (Å²) in [5, 5.41) is 9.50. The van der Waals surface area contributed by atoms with E-state index in [1.165, 1.54) is 4.88 Å². The van der Waals surface area contributed by atoms with Crippen LogP contribution in [0.5, 0.6) is 0 Å². The molecule has 1 aliphatic rings. The quantitative estimate of drug-likeness (QED) is 0.922. The minimum Gasteiger partial charge on any atom is -0.338 e. The molecule has 1 N–H and O–H groups in total. The van der Waals surface area contributed by atoms with E-state index < -0.39 is 0 Å². The van der Waals surface area contributed by atoms with Crippen LogP contribution in [0.2, 0.25) is 0 Å².